The molecular formula is C14H17F3N2O3. The number of rotatable bonds is 4. The van der Waals surface area contributed by atoms with Crippen LogP contribution < -0.4 is 10.1 Å². The van der Waals surface area contributed by atoms with Gasteiger partial charge in [0.2, 0.25) is 5.88 Å². The van der Waals surface area contributed by atoms with E-state index in [0.29, 0.717) is 12.8 Å². The number of carbonyl (C=O) groups excluding carboxylic acids is 1. The second-order valence-corrected chi connectivity index (χ2v) is 5.22. The smallest absolute Gasteiger partial charge is 0.422 e. The summed E-state index contributed by atoms with van der Waals surface area (Å²) in [7, 11) is 0. The van der Waals surface area contributed by atoms with E-state index in [0.717, 1.165) is 19.0 Å². The molecular weight excluding hydrogens is 301 g/mol. The molecule has 8 heteroatoms. The molecule has 0 radical (unpaired) electrons. The van der Waals surface area contributed by atoms with Crippen molar-refractivity contribution in [1.29, 1.82) is 0 Å². The molecule has 2 atom stereocenters. The molecule has 0 spiro atoms. The molecule has 0 saturated heterocycles. The fraction of sp³-hybridized carbons (Fsp3) is 0.571. The van der Waals surface area contributed by atoms with Gasteiger partial charge in [0.1, 0.15) is 0 Å². The summed E-state index contributed by atoms with van der Waals surface area (Å²) in [6.07, 6.45) is -0.642. The first-order chi connectivity index (χ1) is 10.3. The van der Waals surface area contributed by atoms with Crippen molar-refractivity contribution in [1.82, 2.24) is 10.3 Å². The SMILES string of the molecule is O=C(NC1CCCCC1O)c1ccc(OCC(F)(F)F)nc1. The van der Waals surface area contributed by atoms with Crippen LogP contribution in [0.2, 0.25) is 0 Å². The minimum atomic E-state index is -4.44. The molecule has 2 rings (SSSR count). The van der Waals surface area contributed by atoms with Crippen LogP contribution in [0, 0.1) is 0 Å². The Morgan fingerprint density at radius 2 is 2.09 bits per heavy atom. The third kappa shape index (κ3) is 4.87. The van der Waals surface area contributed by atoms with E-state index in [1.165, 1.54) is 12.1 Å². The predicted molar refractivity (Wildman–Crippen MR) is 71.5 cm³/mol. The lowest BCUT2D eigenvalue weighted by molar-refractivity contribution is -0.154. The van der Waals surface area contributed by atoms with Gasteiger partial charge in [-0.1, -0.05) is 12.8 Å². The molecule has 2 unspecified atom stereocenters. The fourth-order valence-corrected chi connectivity index (χ4v) is 2.29. The van der Waals surface area contributed by atoms with Crippen LogP contribution in [0.1, 0.15) is 36.0 Å². The van der Waals surface area contributed by atoms with E-state index in [-0.39, 0.29) is 17.5 Å². The van der Waals surface area contributed by atoms with Crippen LogP contribution >= 0.6 is 0 Å². The number of aliphatic hydroxyl groups excluding tert-OH is 1. The quantitative estimate of drug-likeness (QED) is 0.891. The molecule has 122 valence electrons. The Labute approximate surface area is 125 Å². The molecule has 1 aromatic rings. The molecule has 22 heavy (non-hydrogen) atoms. The molecule has 1 heterocycles. The normalized spacial score (nSPS) is 22.2. The zero-order valence-corrected chi connectivity index (χ0v) is 11.8. The second kappa shape index (κ2) is 6.95. The number of pyridine rings is 1. The van der Waals surface area contributed by atoms with E-state index < -0.39 is 24.8 Å². The van der Waals surface area contributed by atoms with Crippen LogP contribution in [0.5, 0.6) is 5.88 Å². The summed E-state index contributed by atoms with van der Waals surface area (Å²) in [5, 5.41) is 12.5. The Bertz CT molecular complexity index is 505. The van der Waals surface area contributed by atoms with Gasteiger partial charge in [-0.25, -0.2) is 4.98 Å². The van der Waals surface area contributed by atoms with Crippen molar-refractivity contribution in [2.24, 2.45) is 0 Å². The molecule has 1 aliphatic rings. The molecule has 1 saturated carbocycles. The van der Waals surface area contributed by atoms with E-state index in [4.69, 9.17) is 0 Å². The van der Waals surface area contributed by atoms with Crippen LogP contribution in [-0.4, -0.2) is 40.9 Å². The van der Waals surface area contributed by atoms with E-state index in [1.807, 2.05) is 0 Å². The van der Waals surface area contributed by atoms with Gasteiger partial charge in [-0.15, -0.1) is 0 Å². The average Bonchev–Trinajstić information content (AvgIpc) is 2.47. The molecule has 0 bridgehead atoms. The lowest BCUT2D eigenvalue weighted by atomic mass is 9.92. The summed E-state index contributed by atoms with van der Waals surface area (Å²) < 4.78 is 40.5. The van der Waals surface area contributed by atoms with Crippen LogP contribution in [-0.2, 0) is 0 Å². The number of aromatic nitrogens is 1. The Morgan fingerprint density at radius 1 is 1.36 bits per heavy atom. The summed E-state index contributed by atoms with van der Waals surface area (Å²) in [4.78, 5) is 15.7. The van der Waals surface area contributed by atoms with Crippen molar-refractivity contribution in [3.05, 3.63) is 23.9 Å². The number of hydrogen-bond acceptors (Lipinski definition) is 4. The van der Waals surface area contributed by atoms with Crippen molar-refractivity contribution < 1.29 is 27.8 Å². The first-order valence-electron chi connectivity index (χ1n) is 7.00. The Kier molecular flexibility index (Phi) is 5.23. The van der Waals surface area contributed by atoms with Crippen molar-refractivity contribution in [2.45, 2.75) is 44.0 Å². The minimum Gasteiger partial charge on any atom is -0.468 e. The third-order valence-electron chi connectivity index (χ3n) is 3.43. The standard InChI is InChI=1S/C14H17F3N2O3/c15-14(16,17)8-22-12-6-5-9(7-18-12)13(21)19-10-3-1-2-4-11(10)20/h5-7,10-11,20H,1-4,8H2,(H,19,21). The largest absolute Gasteiger partial charge is 0.468 e. The van der Waals surface area contributed by atoms with Gasteiger partial charge in [-0.2, -0.15) is 13.2 Å². The summed E-state index contributed by atoms with van der Waals surface area (Å²) in [6.45, 7) is -1.43. The number of ether oxygens (including phenoxy) is 1. The Morgan fingerprint density at radius 3 is 2.68 bits per heavy atom. The highest BCUT2D eigenvalue weighted by Gasteiger charge is 2.29. The average molecular weight is 318 g/mol. The molecule has 1 aromatic heterocycles. The zero-order chi connectivity index (χ0) is 16.2. The topological polar surface area (TPSA) is 71.5 Å². The fourth-order valence-electron chi connectivity index (χ4n) is 2.29. The van der Waals surface area contributed by atoms with Crippen LogP contribution in [0.4, 0.5) is 13.2 Å². The van der Waals surface area contributed by atoms with Crippen LogP contribution in [0.3, 0.4) is 0 Å². The highest BCUT2D eigenvalue weighted by atomic mass is 19.4. The number of carbonyl (C=O) groups is 1. The number of aliphatic hydroxyl groups is 1. The molecule has 5 nitrogen and oxygen atoms in total. The summed E-state index contributed by atoms with van der Waals surface area (Å²) in [5.41, 5.74) is 0.206. The number of amides is 1. The van der Waals surface area contributed by atoms with Gasteiger partial charge in [-0.3, -0.25) is 4.79 Å². The number of nitrogens with one attached hydrogen (secondary N) is 1. The minimum absolute atomic E-state index is 0.202. The van der Waals surface area contributed by atoms with E-state index in [2.05, 4.69) is 15.0 Å². The first kappa shape index (κ1) is 16.5. The highest BCUT2D eigenvalue weighted by Crippen LogP contribution is 2.19. The van der Waals surface area contributed by atoms with Gasteiger partial charge in [0.05, 0.1) is 17.7 Å². The molecule has 0 aromatic carbocycles. The molecule has 1 aliphatic carbocycles. The van der Waals surface area contributed by atoms with Gasteiger partial charge in [0.15, 0.2) is 6.61 Å². The summed E-state index contributed by atoms with van der Waals surface area (Å²) >= 11 is 0. The van der Waals surface area contributed by atoms with Crippen molar-refractivity contribution in [3.63, 3.8) is 0 Å². The molecule has 1 amide bonds. The van der Waals surface area contributed by atoms with Crippen molar-refractivity contribution >= 4 is 5.91 Å². The summed E-state index contributed by atoms with van der Waals surface area (Å²) in [6, 6.07) is 2.24. The maximum atomic E-state index is 12.0. The lowest BCUT2D eigenvalue weighted by Crippen LogP contribution is -2.45. The lowest BCUT2D eigenvalue weighted by Gasteiger charge is -2.28. The second-order valence-electron chi connectivity index (χ2n) is 5.22. The maximum Gasteiger partial charge on any atom is 0.422 e. The van der Waals surface area contributed by atoms with Crippen LogP contribution in [0.25, 0.3) is 0 Å². The third-order valence-corrected chi connectivity index (χ3v) is 3.43. The van der Waals surface area contributed by atoms with E-state index in [9.17, 15) is 23.1 Å². The highest BCUT2D eigenvalue weighted by molar-refractivity contribution is 5.94. The predicted octanol–water partition coefficient (Wildman–Crippen LogP) is 2.06. The molecule has 2 N–H and O–H groups in total. The number of halogens is 3. The monoisotopic (exact) mass is 318 g/mol. The van der Waals surface area contributed by atoms with Gasteiger partial charge in [0.25, 0.3) is 5.91 Å². The Balaban J connectivity index is 1.90. The maximum absolute atomic E-state index is 12.0. The van der Waals surface area contributed by atoms with Gasteiger partial charge >= 0.3 is 6.18 Å². The van der Waals surface area contributed by atoms with E-state index in [1.54, 1.807) is 0 Å². The number of alkyl halides is 3. The number of hydrogen-bond donors (Lipinski definition) is 2. The molecule has 0 aliphatic heterocycles. The Hall–Kier alpha value is -1.83. The van der Waals surface area contributed by atoms with Crippen molar-refractivity contribution in [3.8, 4) is 5.88 Å². The molecule has 1 fully saturated rings. The van der Waals surface area contributed by atoms with Gasteiger partial charge < -0.3 is 15.2 Å². The van der Waals surface area contributed by atoms with Crippen molar-refractivity contribution in [2.75, 3.05) is 6.61 Å². The van der Waals surface area contributed by atoms with Gasteiger partial charge in [-0.05, 0) is 18.9 Å². The number of nitrogens with zero attached hydrogens (tertiary/aromatic N) is 1. The van der Waals surface area contributed by atoms with Gasteiger partial charge in [0, 0.05) is 12.3 Å². The van der Waals surface area contributed by atoms with E-state index >= 15 is 0 Å². The summed E-state index contributed by atoms with van der Waals surface area (Å²) in [5.74, 6) is -0.618. The first-order valence-corrected chi connectivity index (χ1v) is 7.00. The zero-order valence-electron chi connectivity index (χ0n) is 11.8. The van der Waals surface area contributed by atoms with Crippen LogP contribution in [0.15, 0.2) is 18.3 Å².